The largest absolute Gasteiger partial charge is 0.486 e. The number of nitro benzene ring substituents is 1. The van der Waals surface area contributed by atoms with Crippen molar-refractivity contribution in [1.29, 1.82) is 0 Å². The quantitative estimate of drug-likeness (QED) is 0.349. The van der Waals surface area contributed by atoms with Crippen molar-refractivity contribution in [3.8, 4) is 11.5 Å². The topological polar surface area (TPSA) is 143 Å². The maximum absolute atomic E-state index is 12.0. The summed E-state index contributed by atoms with van der Waals surface area (Å²) in [5, 5.41) is 13.3. The van der Waals surface area contributed by atoms with Crippen LogP contribution in [-0.4, -0.2) is 36.6 Å². The Bertz CT molecular complexity index is 913. The number of rotatable bonds is 5. The number of carbonyl (C=O) groups is 2. The summed E-state index contributed by atoms with van der Waals surface area (Å²) in [6, 6.07) is 8.25. The van der Waals surface area contributed by atoms with Gasteiger partial charge >= 0.3 is 5.97 Å². The van der Waals surface area contributed by atoms with Crippen LogP contribution in [0.15, 0.2) is 36.4 Å². The zero-order valence-electron chi connectivity index (χ0n) is 14.0. The molecule has 0 radical (unpaired) electrons. The van der Waals surface area contributed by atoms with Crippen LogP contribution in [0.25, 0.3) is 0 Å². The minimum atomic E-state index is -0.937. The molecular weight excluding hydrogens is 358 g/mol. The Hall–Kier alpha value is -3.82. The van der Waals surface area contributed by atoms with Gasteiger partial charge in [-0.3, -0.25) is 14.9 Å². The average Bonchev–Trinajstić information content (AvgIpc) is 2.66. The second-order valence-corrected chi connectivity index (χ2v) is 5.51. The molecule has 0 atom stereocenters. The highest BCUT2D eigenvalue weighted by atomic mass is 16.6. The van der Waals surface area contributed by atoms with E-state index in [4.69, 9.17) is 19.9 Å². The van der Waals surface area contributed by atoms with Crippen LogP contribution in [0.1, 0.15) is 10.4 Å². The molecule has 0 unspecified atom stereocenters. The highest BCUT2D eigenvalue weighted by Gasteiger charge is 2.18. The van der Waals surface area contributed by atoms with E-state index in [1.165, 1.54) is 12.1 Å². The predicted molar refractivity (Wildman–Crippen MR) is 93.9 cm³/mol. The maximum Gasteiger partial charge on any atom is 0.341 e. The van der Waals surface area contributed by atoms with Gasteiger partial charge in [0.1, 0.15) is 13.2 Å². The van der Waals surface area contributed by atoms with Gasteiger partial charge < -0.3 is 25.3 Å². The van der Waals surface area contributed by atoms with E-state index in [9.17, 15) is 19.7 Å². The zero-order valence-corrected chi connectivity index (χ0v) is 14.0. The molecule has 1 aliphatic rings. The summed E-state index contributed by atoms with van der Waals surface area (Å²) in [4.78, 5) is 34.1. The van der Waals surface area contributed by atoms with Crippen LogP contribution >= 0.6 is 0 Å². The molecule has 10 nitrogen and oxygen atoms in total. The molecule has 0 fully saturated rings. The summed E-state index contributed by atoms with van der Waals surface area (Å²) in [5.41, 5.74) is 5.59. The first-order valence-electron chi connectivity index (χ1n) is 7.84. The first-order chi connectivity index (χ1) is 12.9. The number of hydrogen-bond donors (Lipinski definition) is 2. The van der Waals surface area contributed by atoms with E-state index < -0.39 is 23.4 Å². The number of hydrogen-bond acceptors (Lipinski definition) is 8. The fraction of sp³-hybridized carbons (Fsp3) is 0.176. The molecule has 0 aromatic heterocycles. The van der Waals surface area contributed by atoms with Crippen LogP contribution in [0.5, 0.6) is 11.5 Å². The van der Waals surface area contributed by atoms with E-state index in [2.05, 4.69) is 5.32 Å². The molecule has 140 valence electrons. The molecule has 0 bridgehead atoms. The van der Waals surface area contributed by atoms with Crippen LogP contribution in [-0.2, 0) is 9.53 Å². The lowest BCUT2D eigenvalue weighted by Crippen LogP contribution is -2.22. The van der Waals surface area contributed by atoms with Crippen molar-refractivity contribution in [2.75, 3.05) is 30.9 Å². The van der Waals surface area contributed by atoms with Gasteiger partial charge in [0.05, 0.1) is 10.5 Å². The van der Waals surface area contributed by atoms with Crippen molar-refractivity contribution in [2.45, 2.75) is 0 Å². The van der Waals surface area contributed by atoms with E-state index in [0.717, 1.165) is 6.07 Å². The zero-order chi connectivity index (χ0) is 19.4. The smallest absolute Gasteiger partial charge is 0.341 e. The molecule has 0 aliphatic carbocycles. The number of esters is 1. The van der Waals surface area contributed by atoms with Gasteiger partial charge in [-0.2, -0.15) is 0 Å². The van der Waals surface area contributed by atoms with Crippen LogP contribution in [0.4, 0.5) is 17.1 Å². The second-order valence-electron chi connectivity index (χ2n) is 5.51. The monoisotopic (exact) mass is 373 g/mol. The van der Waals surface area contributed by atoms with Gasteiger partial charge in [0, 0.05) is 29.6 Å². The van der Waals surface area contributed by atoms with Crippen molar-refractivity contribution in [2.24, 2.45) is 0 Å². The molecule has 27 heavy (non-hydrogen) atoms. The van der Waals surface area contributed by atoms with E-state index in [0.29, 0.717) is 30.4 Å². The Morgan fingerprint density at radius 2 is 1.89 bits per heavy atom. The summed E-state index contributed by atoms with van der Waals surface area (Å²) in [7, 11) is 0. The van der Waals surface area contributed by atoms with Crippen molar-refractivity contribution in [3.05, 3.63) is 52.1 Å². The molecule has 3 rings (SSSR count). The number of nitrogens with zero attached hydrogens (tertiary/aromatic N) is 1. The van der Waals surface area contributed by atoms with E-state index in [1.807, 2.05) is 0 Å². The molecule has 10 heteroatoms. The summed E-state index contributed by atoms with van der Waals surface area (Å²) < 4.78 is 15.7. The number of fused-ring (bicyclic) bond motifs is 1. The fourth-order valence-corrected chi connectivity index (χ4v) is 2.36. The molecule has 3 N–H and O–H groups in total. The van der Waals surface area contributed by atoms with Crippen molar-refractivity contribution < 1.29 is 28.7 Å². The van der Waals surface area contributed by atoms with Gasteiger partial charge in [0.15, 0.2) is 18.1 Å². The number of benzene rings is 2. The molecule has 0 spiro atoms. The third kappa shape index (κ3) is 4.24. The van der Waals surface area contributed by atoms with Crippen molar-refractivity contribution in [1.82, 2.24) is 0 Å². The van der Waals surface area contributed by atoms with E-state index in [1.54, 1.807) is 18.2 Å². The number of carbonyl (C=O) groups excluding carboxylic acids is 2. The highest BCUT2D eigenvalue weighted by molar-refractivity contribution is 5.98. The third-order valence-corrected chi connectivity index (χ3v) is 3.63. The minimum absolute atomic E-state index is 0.0119. The maximum atomic E-state index is 12.0. The van der Waals surface area contributed by atoms with Gasteiger partial charge in [-0.05, 0) is 18.2 Å². The third-order valence-electron chi connectivity index (χ3n) is 3.63. The van der Waals surface area contributed by atoms with Gasteiger partial charge in [-0.1, -0.05) is 0 Å². The van der Waals surface area contributed by atoms with Gasteiger partial charge in [-0.15, -0.1) is 0 Å². The molecule has 1 heterocycles. The molecule has 1 aliphatic heterocycles. The Kier molecular flexibility index (Phi) is 5.06. The lowest BCUT2D eigenvalue weighted by Gasteiger charge is -2.19. The summed E-state index contributed by atoms with van der Waals surface area (Å²) in [6.45, 7) is 0.275. The van der Waals surface area contributed by atoms with Crippen molar-refractivity contribution >= 4 is 28.9 Å². The SMILES string of the molecule is Nc1ccc([N+](=O)[O-])cc1C(=O)OCC(=O)Nc1ccc2c(c1)OCCO2. The van der Waals surface area contributed by atoms with Gasteiger partial charge in [0.25, 0.3) is 11.6 Å². The lowest BCUT2D eigenvalue weighted by molar-refractivity contribution is -0.384. The second kappa shape index (κ2) is 7.60. The predicted octanol–water partition coefficient (Wildman–Crippen LogP) is 1.74. The molecule has 0 saturated heterocycles. The average molecular weight is 373 g/mol. The number of nitrogens with two attached hydrogens (primary N) is 1. The summed E-state index contributed by atoms with van der Waals surface area (Å²) in [6.07, 6.45) is 0. The number of amides is 1. The first kappa shape index (κ1) is 18.0. The summed E-state index contributed by atoms with van der Waals surface area (Å²) in [5.74, 6) is -0.454. The summed E-state index contributed by atoms with van der Waals surface area (Å²) >= 11 is 0. The fourth-order valence-electron chi connectivity index (χ4n) is 2.36. The van der Waals surface area contributed by atoms with Crippen molar-refractivity contribution in [3.63, 3.8) is 0 Å². The molecule has 2 aromatic rings. The van der Waals surface area contributed by atoms with Crippen LogP contribution in [0.2, 0.25) is 0 Å². The normalized spacial score (nSPS) is 12.1. The highest BCUT2D eigenvalue weighted by Crippen LogP contribution is 2.32. The molecule has 1 amide bonds. The number of ether oxygens (including phenoxy) is 3. The van der Waals surface area contributed by atoms with Gasteiger partial charge in [0.2, 0.25) is 0 Å². The van der Waals surface area contributed by atoms with Crippen LogP contribution in [0.3, 0.4) is 0 Å². The Balaban J connectivity index is 1.60. The number of nitrogens with one attached hydrogen (secondary N) is 1. The Labute approximate surface area is 153 Å². The molecule has 0 saturated carbocycles. The number of anilines is 2. The van der Waals surface area contributed by atoms with E-state index >= 15 is 0 Å². The van der Waals surface area contributed by atoms with Crippen LogP contribution < -0.4 is 20.5 Å². The first-order valence-corrected chi connectivity index (χ1v) is 7.84. The Morgan fingerprint density at radius 3 is 2.63 bits per heavy atom. The number of nitrogen functional groups attached to an aromatic ring is 1. The number of nitro groups is 1. The van der Waals surface area contributed by atoms with E-state index in [-0.39, 0.29) is 16.9 Å². The standard InChI is InChI=1S/C17H15N3O7/c18-13-3-2-11(20(23)24)8-12(13)17(22)27-9-16(21)19-10-1-4-14-15(7-10)26-6-5-25-14/h1-4,7-8H,5-6,9,18H2,(H,19,21). The van der Waals surface area contributed by atoms with Gasteiger partial charge in [-0.25, -0.2) is 4.79 Å². The van der Waals surface area contributed by atoms with Crippen LogP contribution in [0, 0.1) is 10.1 Å². The molecule has 2 aromatic carbocycles. The lowest BCUT2D eigenvalue weighted by atomic mass is 10.1. The minimum Gasteiger partial charge on any atom is -0.486 e. The molecular formula is C17H15N3O7. The number of non-ortho nitro benzene ring substituents is 1. The Morgan fingerprint density at radius 1 is 1.15 bits per heavy atom.